The second kappa shape index (κ2) is 4.58. The maximum Gasteiger partial charge on any atom is 0.141 e. The Morgan fingerprint density at radius 1 is 1.06 bits per heavy atom. The quantitative estimate of drug-likeness (QED) is 0.758. The summed E-state index contributed by atoms with van der Waals surface area (Å²) in [6.45, 7) is 0.616. The Morgan fingerprint density at radius 2 is 1.94 bits per heavy atom. The summed E-state index contributed by atoms with van der Waals surface area (Å²) in [5.74, 6) is 0.914. The van der Waals surface area contributed by atoms with E-state index in [-0.39, 0.29) is 0 Å². The molecule has 0 saturated heterocycles. The molecule has 0 aliphatic rings. The molecule has 0 aliphatic carbocycles. The molecule has 0 spiro atoms. The van der Waals surface area contributed by atoms with Gasteiger partial charge in [0.25, 0.3) is 0 Å². The SMILES string of the molecule is NCCc1cccnc1-n1cnc2ccccc21. The molecule has 0 amide bonds. The van der Waals surface area contributed by atoms with Gasteiger partial charge >= 0.3 is 0 Å². The Labute approximate surface area is 105 Å². The van der Waals surface area contributed by atoms with Crippen molar-refractivity contribution in [1.29, 1.82) is 0 Å². The van der Waals surface area contributed by atoms with Crippen LogP contribution in [0.3, 0.4) is 0 Å². The minimum absolute atomic E-state index is 0.616. The lowest BCUT2D eigenvalue weighted by Gasteiger charge is -2.08. The van der Waals surface area contributed by atoms with Gasteiger partial charge in [-0.2, -0.15) is 0 Å². The second-order valence-corrected chi connectivity index (χ2v) is 4.13. The van der Waals surface area contributed by atoms with E-state index in [1.54, 1.807) is 6.20 Å². The van der Waals surface area contributed by atoms with Crippen molar-refractivity contribution in [2.45, 2.75) is 6.42 Å². The Balaban J connectivity index is 2.20. The molecule has 0 bridgehead atoms. The van der Waals surface area contributed by atoms with Crippen molar-refractivity contribution in [1.82, 2.24) is 14.5 Å². The summed E-state index contributed by atoms with van der Waals surface area (Å²) in [5.41, 5.74) is 8.82. The first-order valence-corrected chi connectivity index (χ1v) is 5.96. The molecule has 0 fully saturated rings. The molecule has 0 aliphatic heterocycles. The van der Waals surface area contributed by atoms with Crippen LogP contribution < -0.4 is 5.73 Å². The number of aromatic nitrogens is 3. The molecule has 0 atom stereocenters. The van der Waals surface area contributed by atoms with E-state index in [0.717, 1.165) is 28.8 Å². The van der Waals surface area contributed by atoms with Gasteiger partial charge in [-0.15, -0.1) is 0 Å². The largest absolute Gasteiger partial charge is 0.330 e. The first-order valence-electron chi connectivity index (χ1n) is 5.96. The highest BCUT2D eigenvalue weighted by Gasteiger charge is 2.08. The first kappa shape index (κ1) is 10.9. The summed E-state index contributed by atoms with van der Waals surface area (Å²) in [6, 6.07) is 12.0. The van der Waals surface area contributed by atoms with Gasteiger partial charge in [-0.3, -0.25) is 4.57 Å². The third-order valence-electron chi connectivity index (χ3n) is 2.96. The molecule has 2 N–H and O–H groups in total. The topological polar surface area (TPSA) is 56.7 Å². The monoisotopic (exact) mass is 238 g/mol. The predicted molar refractivity (Wildman–Crippen MR) is 71.6 cm³/mol. The van der Waals surface area contributed by atoms with E-state index in [1.165, 1.54) is 0 Å². The Kier molecular flexibility index (Phi) is 2.78. The molecular weight excluding hydrogens is 224 g/mol. The van der Waals surface area contributed by atoms with E-state index in [4.69, 9.17) is 5.73 Å². The van der Waals surface area contributed by atoms with Gasteiger partial charge in [0.2, 0.25) is 0 Å². The molecule has 1 aromatic carbocycles. The van der Waals surface area contributed by atoms with Crippen LogP contribution in [0.2, 0.25) is 0 Å². The van der Waals surface area contributed by atoms with Crippen LogP contribution in [0.4, 0.5) is 0 Å². The van der Waals surface area contributed by atoms with E-state index in [1.807, 2.05) is 41.2 Å². The number of imidazole rings is 1. The van der Waals surface area contributed by atoms with Crippen molar-refractivity contribution < 1.29 is 0 Å². The standard InChI is InChI=1S/C14H14N4/c15-8-7-11-4-3-9-16-14(11)18-10-17-12-5-1-2-6-13(12)18/h1-6,9-10H,7-8,15H2. The first-order chi connectivity index (χ1) is 8.90. The van der Waals surface area contributed by atoms with Gasteiger partial charge in [-0.1, -0.05) is 18.2 Å². The number of hydrogen-bond acceptors (Lipinski definition) is 3. The van der Waals surface area contributed by atoms with Crippen molar-refractivity contribution >= 4 is 11.0 Å². The van der Waals surface area contributed by atoms with Crippen LogP contribution in [-0.4, -0.2) is 21.1 Å². The fraction of sp³-hybridized carbons (Fsp3) is 0.143. The lowest BCUT2D eigenvalue weighted by molar-refractivity contribution is 0.914. The minimum Gasteiger partial charge on any atom is -0.330 e. The number of benzene rings is 1. The molecule has 4 nitrogen and oxygen atoms in total. The van der Waals surface area contributed by atoms with Crippen molar-refractivity contribution in [2.24, 2.45) is 5.73 Å². The van der Waals surface area contributed by atoms with Crippen LogP contribution in [0, 0.1) is 0 Å². The lowest BCUT2D eigenvalue weighted by Crippen LogP contribution is -2.07. The number of hydrogen-bond donors (Lipinski definition) is 1. The van der Waals surface area contributed by atoms with Crippen molar-refractivity contribution in [3.05, 3.63) is 54.5 Å². The summed E-state index contributed by atoms with van der Waals surface area (Å²) in [6.07, 6.45) is 4.42. The number of rotatable bonds is 3. The van der Waals surface area contributed by atoms with Crippen LogP contribution in [-0.2, 0) is 6.42 Å². The summed E-state index contributed by atoms with van der Waals surface area (Å²) >= 11 is 0. The number of fused-ring (bicyclic) bond motifs is 1. The molecular formula is C14H14N4. The van der Waals surface area contributed by atoms with Crippen molar-refractivity contribution in [3.63, 3.8) is 0 Å². The Hall–Kier alpha value is -2.20. The maximum absolute atomic E-state index is 5.64. The van der Waals surface area contributed by atoms with Crippen LogP contribution >= 0.6 is 0 Å². The van der Waals surface area contributed by atoms with E-state index in [0.29, 0.717) is 6.54 Å². The van der Waals surface area contributed by atoms with Crippen LogP contribution in [0.5, 0.6) is 0 Å². The van der Waals surface area contributed by atoms with Crippen LogP contribution in [0.15, 0.2) is 48.9 Å². The third-order valence-corrected chi connectivity index (χ3v) is 2.96. The lowest BCUT2D eigenvalue weighted by atomic mass is 10.2. The molecule has 90 valence electrons. The van der Waals surface area contributed by atoms with Crippen LogP contribution in [0.1, 0.15) is 5.56 Å². The zero-order valence-electron chi connectivity index (χ0n) is 9.95. The molecule has 4 heteroatoms. The zero-order chi connectivity index (χ0) is 12.4. The normalized spacial score (nSPS) is 10.9. The number of nitrogens with zero attached hydrogens (tertiary/aromatic N) is 3. The third kappa shape index (κ3) is 1.76. The van der Waals surface area contributed by atoms with Gasteiger partial charge in [0.15, 0.2) is 0 Å². The number of nitrogens with two attached hydrogens (primary N) is 1. The van der Waals surface area contributed by atoms with E-state index in [9.17, 15) is 0 Å². The minimum atomic E-state index is 0.616. The molecule has 0 radical (unpaired) electrons. The fourth-order valence-electron chi connectivity index (χ4n) is 2.13. The number of para-hydroxylation sites is 2. The molecule has 18 heavy (non-hydrogen) atoms. The molecule has 3 aromatic rings. The van der Waals surface area contributed by atoms with Gasteiger partial charge < -0.3 is 5.73 Å². The highest BCUT2D eigenvalue weighted by molar-refractivity contribution is 5.77. The average Bonchev–Trinajstić information content (AvgIpc) is 2.84. The molecule has 0 saturated carbocycles. The fourth-order valence-corrected chi connectivity index (χ4v) is 2.13. The Morgan fingerprint density at radius 3 is 2.83 bits per heavy atom. The zero-order valence-corrected chi connectivity index (χ0v) is 9.95. The average molecular weight is 238 g/mol. The van der Waals surface area contributed by atoms with E-state index in [2.05, 4.69) is 16.0 Å². The van der Waals surface area contributed by atoms with E-state index >= 15 is 0 Å². The summed E-state index contributed by atoms with van der Waals surface area (Å²) in [4.78, 5) is 8.85. The van der Waals surface area contributed by atoms with Crippen molar-refractivity contribution in [2.75, 3.05) is 6.54 Å². The molecule has 0 unspecified atom stereocenters. The summed E-state index contributed by atoms with van der Waals surface area (Å²) in [5, 5.41) is 0. The van der Waals surface area contributed by atoms with Crippen molar-refractivity contribution in [3.8, 4) is 5.82 Å². The summed E-state index contributed by atoms with van der Waals surface area (Å²) < 4.78 is 2.01. The summed E-state index contributed by atoms with van der Waals surface area (Å²) in [7, 11) is 0. The smallest absolute Gasteiger partial charge is 0.141 e. The Bertz CT molecular complexity index is 672. The highest BCUT2D eigenvalue weighted by Crippen LogP contribution is 2.19. The molecule has 2 heterocycles. The van der Waals surface area contributed by atoms with Gasteiger partial charge in [0, 0.05) is 6.20 Å². The van der Waals surface area contributed by atoms with E-state index < -0.39 is 0 Å². The molecule has 3 rings (SSSR count). The van der Waals surface area contributed by atoms with Gasteiger partial charge in [-0.05, 0) is 36.7 Å². The second-order valence-electron chi connectivity index (χ2n) is 4.13. The van der Waals surface area contributed by atoms with Crippen LogP contribution in [0.25, 0.3) is 16.9 Å². The van der Waals surface area contributed by atoms with Gasteiger partial charge in [0.1, 0.15) is 12.1 Å². The van der Waals surface area contributed by atoms with Gasteiger partial charge in [0.05, 0.1) is 11.0 Å². The van der Waals surface area contributed by atoms with Gasteiger partial charge in [-0.25, -0.2) is 9.97 Å². The maximum atomic E-state index is 5.64. The molecule has 2 aromatic heterocycles. The predicted octanol–water partition coefficient (Wildman–Crippen LogP) is 1.92. The highest BCUT2D eigenvalue weighted by atomic mass is 15.1. The number of pyridine rings is 1.